The van der Waals surface area contributed by atoms with E-state index in [1.165, 1.54) is 154 Å². The van der Waals surface area contributed by atoms with Crippen molar-refractivity contribution in [1.82, 2.24) is 0 Å². The zero-order chi connectivity index (χ0) is 101. The first-order valence-electron chi connectivity index (χ1n) is 49.4. The van der Waals surface area contributed by atoms with E-state index in [1.807, 2.05) is 18.2 Å². The van der Waals surface area contributed by atoms with E-state index < -0.39 is 15.8 Å². The van der Waals surface area contributed by atoms with Gasteiger partial charge in [-0.1, -0.05) is 380 Å². The van der Waals surface area contributed by atoms with Crippen LogP contribution in [0.3, 0.4) is 0 Å². The van der Waals surface area contributed by atoms with Crippen molar-refractivity contribution in [2.45, 2.75) is 182 Å². The van der Waals surface area contributed by atoms with E-state index in [4.69, 9.17) is 37.7 Å². The van der Waals surface area contributed by atoms with Crippen LogP contribution >= 0.6 is 50.8 Å². The van der Waals surface area contributed by atoms with Crippen LogP contribution in [0.5, 0.6) is 0 Å². The summed E-state index contributed by atoms with van der Waals surface area (Å²) in [6, 6.07) is 151. The number of benzene rings is 19. The van der Waals surface area contributed by atoms with Gasteiger partial charge in [0.05, 0.1) is 53.6 Å². The average molecular weight is 2100 g/mol. The molecular formula is C130H131B2BrCl2O4P2Pd+2. The minimum absolute atomic E-state index is 0.106. The number of fused-ring (bicyclic) bond motifs is 6. The molecule has 0 unspecified atom stereocenters. The molecule has 12 heteroatoms. The predicted molar refractivity (Wildman–Crippen MR) is 626 cm³/mol. The fourth-order valence-electron chi connectivity index (χ4n) is 21.2. The van der Waals surface area contributed by atoms with Crippen LogP contribution in [-0.2, 0) is 34.6 Å². The quantitative estimate of drug-likeness (QED) is 0.0694. The number of halogens is 3. The van der Waals surface area contributed by atoms with Crippen LogP contribution in [0.25, 0.3) is 154 Å². The summed E-state index contributed by atoms with van der Waals surface area (Å²) in [7, 11) is 7.77. The van der Waals surface area contributed by atoms with Gasteiger partial charge in [0.15, 0.2) is 0 Å². The van der Waals surface area contributed by atoms with Gasteiger partial charge in [-0.3, -0.25) is 0 Å². The van der Waals surface area contributed by atoms with Crippen LogP contribution in [0.2, 0.25) is 0 Å². The van der Waals surface area contributed by atoms with Crippen LogP contribution in [0.4, 0.5) is 0 Å². The molecule has 4 nitrogen and oxygen atoms in total. The maximum absolute atomic E-state index is 6.15. The van der Waals surface area contributed by atoms with Gasteiger partial charge in [0.1, 0.15) is 0 Å². The SMILES string of the molecule is Brc1ccc2c(-c3ccccc3)c3ccccc3c(-c3ccccc3)c2c1.CC(C)(C)[PH+](c1ccccc1)C(C)(C)C.CC(C)(C)[PH+](c1ccccc1)C(C)(C)C.CC1(C)OB(c2cccc(B3OC(C)(C)C(C)(C)O3)c2)OC1(C)C.[Cl][Pd][Cl].c1ccc(-c2c3ccccc3c(-c3ccccc3)c3cc(-c4cccc(-c5ccc6c(-c7ccccc7)c7ccccc7c(-c7ccccc7)c6c5)c4)ccc23)cc1. The number of hydrogen-bond acceptors (Lipinski definition) is 4. The Labute approximate surface area is 871 Å². The molecule has 2 saturated heterocycles. The molecule has 0 amide bonds. The Morgan fingerprint density at radius 1 is 0.211 bits per heavy atom. The molecular weight excluding hydrogens is 1970 g/mol. The van der Waals surface area contributed by atoms with Gasteiger partial charge >= 0.3 is 49.2 Å². The maximum atomic E-state index is 6.15. The topological polar surface area (TPSA) is 36.9 Å². The summed E-state index contributed by atoms with van der Waals surface area (Å²) in [4.78, 5) is 0. The van der Waals surface area contributed by atoms with Crippen LogP contribution in [-0.4, -0.2) is 57.3 Å². The van der Waals surface area contributed by atoms with E-state index in [2.05, 4.69) is 555 Å². The minimum Gasteiger partial charge on any atom is -0.0622 e. The summed E-state index contributed by atoms with van der Waals surface area (Å²) >= 11 is 3.58. The Balaban J connectivity index is 0.000000143. The van der Waals surface area contributed by atoms with Crippen molar-refractivity contribution in [3.05, 3.63) is 423 Å². The molecule has 2 aliphatic heterocycles. The Kier molecular flexibility index (Phi) is 32.3. The molecule has 0 atom stereocenters. The second kappa shape index (κ2) is 44.1. The molecule has 0 radical (unpaired) electrons. The van der Waals surface area contributed by atoms with Crippen molar-refractivity contribution < 1.29 is 34.6 Å². The van der Waals surface area contributed by atoms with Gasteiger partial charge in [0, 0.05) is 20.3 Å². The summed E-state index contributed by atoms with van der Waals surface area (Å²) in [6.07, 6.45) is 0. The van der Waals surface area contributed by atoms with Crippen molar-refractivity contribution in [1.29, 1.82) is 0 Å². The molecule has 0 saturated carbocycles. The molecule has 0 aliphatic carbocycles. The van der Waals surface area contributed by atoms with E-state index >= 15 is 0 Å². The normalized spacial score (nSPS) is 14.3. The van der Waals surface area contributed by atoms with E-state index in [9.17, 15) is 0 Å². The Bertz CT molecular complexity index is 7180. The summed E-state index contributed by atoms with van der Waals surface area (Å²) in [5.74, 6) is 0. The first-order valence-corrected chi connectivity index (χ1v) is 57.2. The smallest absolute Gasteiger partial charge is 0.00262 e. The van der Waals surface area contributed by atoms with Crippen LogP contribution in [0.1, 0.15) is 138 Å². The molecule has 2 heterocycles. The maximum Gasteiger partial charge on any atom is -0.00262 e. The second-order valence-electron chi connectivity index (χ2n) is 43.2. The third kappa shape index (κ3) is 23.1. The zero-order valence-electron chi connectivity index (χ0n) is 85.6. The van der Waals surface area contributed by atoms with E-state index in [0.717, 1.165) is 15.4 Å². The van der Waals surface area contributed by atoms with E-state index in [0.29, 0.717) is 20.6 Å². The van der Waals surface area contributed by atoms with Crippen LogP contribution in [0, 0.1) is 0 Å². The molecule has 21 rings (SSSR count). The van der Waals surface area contributed by atoms with Crippen molar-refractivity contribution in [3.8, 4) is 89.0 Å². The monoisotopic (exact) mass is 2090 g/mol. The van der Waals surface area contributed by atoms with Gasteiger partial charge in [-0.15, -0.1) is 0 Å². The first kappa shape index (κ1) is 104. The van der Waals surface area contributed by atoms with Crippen LogP contribution < -0.4 is 21.5 Å². The fourth-order valence-corrected chi connectivity index (χ4v) is 30.6. The Hall–Kier alpha value is -10.7. The van der Waals surface area contributed by atoms with Crippen LogP contribution in [0.15, 0.2) is 423 Å². The van der Waals surface area contributed by atoms with Gasteiger partial charge in [-0.25, -0.2) is 0 Å². The van der Waals surface area contributed by atoms with Gasteiger partial charge in [-0.05, 0) is 358 Å². The first-order chi connectivity index (χ1) is 67.8. The molecule has 0 spiro atoms. The van der Waals surface area contributed by atoms with Gasteiger partial charge in [-0.2, -0.15) is 0 Å². The largest absolute Gasteiger partial charge is 0.0622 e. The second-order valence-corrected chi connectivity index (χ2v) is 55.2. The molecule has 2 fully saturated rings. The van der Waals surface area contributed by atoms with Gasteiger partial charge in [0.2, 0.25) is 0 Å². The van der Waals surface area contributed by atoms with E-state index in [-0.39, 0.29) is 52.6 Å². The molecule has 2 aliphatic rings. The third-order valence-corrected chi connectivity index (χ3v) is 36.3. The van der Waals surface area contributed by atoms with E-state index in [1.54, 1.807) is 10.6 Å². The Morgan fingerprint density at radius 3 is 0.648 bits per heavy atom. The summed E-state index contributed by atoms with van der Waals surface area (Å²) in [5.41, 5.74) is 20.5. The average Bonchev–Trinajstić information content (AvgIpc) is 1.07. The zero-order valence-corrected chi connectivity index (χ0v) is 92.2. The third-order valence-electron chi connectivity index (χ3n) is 28.0. The number of rotatable bonds is 12. The molecule has 142 heavy (non-hydrogen) atoms. The standard InChI is InChI=1S/C58H38.C26H17Br.C18H28B2O4.2C14H23P.2ClH.Pd/c1-5-18-39(19-6-1)55-47-28-13-15-30-49(47)57(41-22-9-3-10-23-41)53-37-45(32-34-51(53)55)43-26-17-27-44(36-43)46-33-35-52-54(38-46)58(42-24-11-4-12-25-42)50-31-16-14-29-48(50)56(52)40-20-7-2-8-21-40;27-20-15-16-23-24(17-20)26(19-11-5-2-6-12-19)22-14-8-7-13-21(22)25(23)18-9-3-1-4-10-18;1-15(2)16(3,4)22-19(21-15)13-10-9-11-14(12-13)20-23-17(5,6)18(7,8)24-20;2*1-13(2,3)15(14(4,5)6)12-10-8-7-9-11-12;;;/h1-38H;1-17H;9-12H,1-8H3;2*7-11H,1-6H3;2*1H;/q;;;;;;;+2. The molecule has 19 aromatic carbocycles. The summed E-state index contributed by atoms with van der Waals surface area (Å²) < 4.78 is 25.7. The van der Waals surface area contributed by atoms with Crippen molar-refractivity contribution in [2.75, 3.05) is 0 Å². The molecule has 720 valence electrons. The van der Waals surface area contributed by atoms with Crippen molar-refractivity contribution in [2.24, 2.45) is 0 Å². The van der Waals surface area contributed by atoms with Gasteiger partial charge in [0.25, 0.3) is 0 Å². The molecule has 19 aromatic rings. The Morgan fingerprint density at radius 2 is 0.401 bits per heavy atom. The molecule has 0 bridgehead atoms. The van der Waals surface area contributed by atoms with Crippen molar-refractivity contribution >= 4 is 151 Å². The molecule has 0 N–H and O–H groups in total. The molecule has 0 aromatic heterocycles. The summed E-state index contributed by atoms with van der Waals surface area (Å²) in [5, 5.41) is 20.0. The van der Waals surface area contributed by atoms with Gasteiger partial charge < -0.3 is 18.6 Å². The number of hydrogen-bond donors (Lipinski definition) is 0. The fraction of sp³-hybridized carbons (Fsp3) is 0.215. The van der Waals surface area contributed by atoms with Crippen molar-refractivity contribution in [3.63, 3.8) is 0 Å². The minimum atomic E-state index is -0.553. The predicted octanol–water partition coefficient (Wildman–Crippen LogP) is 36.3. The summed E-state index contributed by atoms with van der Waals surface area (Å²) in [6.45, 7) is 45.0.